The monoisotopic (exact) mass is 314 g/mol. The second kappa shape index (κ2) is 4.09. The van der Waals surface area contributed by atoms with Gasteiger partial charge in [-0.15, -0.1) is 0 Å². The van der Waals surface area contributed by atoms with Gasteiger partial charge in [0, 0.05) is 5.56 Å². The molecule has 1 aromatic carbocycles. The number of Topliss-reactive ketones (excluding diaryl/α,β-unsaturated/α-hetero) is 1. The lowest BCUT2D eigenvalue weighted by molar-refractivity contribution is -0.125. The van der Waals surface area contributed by atoms with Crippen molar-refractivity contribution >= 4 is 40.0 Å². The Morgan fingerprint density at radius 1 is 1.20 bits per heavy atom. The molecule has 0 aliphatic carbocycles. The van der Waals surface area contributed by atoms with E-state index in [-0.39, 0.29) is 11.7 Å². The number of rotatable bonds is 1. The number of halogens is 1. The van der Waals surface area contributed by atoms with Gasteiger partial charge in [-0.3, -0.25) is 9.59 Å². The molecule has 1 atom stereocenters. The first-order chi connectivity index (χ1) is 7.20. The number of amides is 1. The predicted octanol–water partition coefficient (Wildman–Crippen LogP) is 0.893. The summed E-state index contributed by atoms with van der Waals surface area (Å²) in [6, 6.07) is 9.08. The van der Waals surface area contributed by atoms with Crippen LogP contribution >= 0.6 is 22.6 Å². The molecule has 1 aromatic rings. The summed E-state index contributed by atoms with van der Waals surface area (Å²) in [7, 11) is 0. The summed E-state index contributed by atoms with van der Waals surface area (Å²) in [5, 5.41) is 3.77. The van der Waals surface area contributed by atoms with Gasteiger partial charge in [-0.25, -0.2) is 5.43 Å². The largest absolute Gasteiger partial charge is 0.291 e. The molecule has 1 N–H and O–H groups in total. The minimum Gasteiger partial charge on any atom is -0.291 e. The van der Waals surface area contributed by atoms with Crippen LogP contribution in [0.5, 0.6) is 0 Å². The Bertz CT molecular complexity index is 442. The fourth-order valence-electron chi connectivity index (χ4n) is 1.26. The lowest BCUT2D eigenvalue weighted by Crippen LogP contribution is -2.43. The van der Waals surface area contributed by atoms with Crippen molar-refractivity contribution in [2.75, 3.05) is 0 Å². The van der Waals surface area contributed by atoms with Crippen LogP contribution in [-0.2, 0) is 9.59 Å². The van der Waals surface area contributed by atoms with E-state index in [0.717, 1.165) is 5.56 Å². The Kier molecular flexibility index (Phi) is 2.81. The van der Waals surface area contributed by atoms with Gasteiger partial charge in [-0.1, -0.05) is 52.9 Å². The molecular weight excluding hydrogens is 307 g/mol. The summed E-state index contributed by atoms with van der Waals surface area (Å²) >= 11 is 1.81. The molecule has 15 heavy (non-hydrogen) atoms. The maximum atomic E-state index is 11.7. The standard InChI is InChI=1S/C10H7IN2O2/c11-7-9(14)8(12-13-10(7)15)6-4-2-1-3-5-6/h1-5,7H,(H,13,15). The molecule has 0 radical (unpaired) electrons. The van der Waals surface area contributed by atoms with Crippen molar-refractivity contribution in [2.45, 2.75) is 3.92 Å². The molecule has 0 spiro atoms. The molecule has 0 fully saturated rings. The van der Waals surface area contributed by atoms with Crippen LogP contribution in [0.1, 0.15) is 5.56 Å². The number of hydrazone groups is 1. The van der Waals surface area contributed by atoms with Gasteiger partial charge < -0.3 is 0 Å². The molecule has 0 aromatic heterocycles. The number of ketones is 1. The molecule has 4 nitrogen and oxygen atoms in total. The molecule has 1 unspecified atom stereocenters. The number of nitrogens with one attached hydrogen (secondary N) is 1. The summed E-state index contributed by atoms with van der Waals surface area (Å²) < 4.78 is -0.685. The number of nitrogens with zero attached hydrogens (tertiary/aromatic N) is 1. The average molecular weight is 314 g/mol. The van der Waals surface area contributed by atoms with Crippen molar-refractivity contribution in [1.29, 1.82) is 0 Å². The summed E-state index contributed by atoms with van der Waals surface area (Å²) in [5.41, 5.74) is 3.37. The van der Waals surface area contributed by atoms with E-state index in [4.69, 9.17) is 0 Å². The molecule has 1 amide bonds. The maximum Gasteiger partial charge on any atom is 0.261 e. The van der Waals surface area contributed by atoms with Crippen molar-refractivity contribution in [3.8, 4) is 0 Å². The highest BCUT2D eigenvalue weighted by molar-refractivity contribution is 14.1. The fraction of sp³-hybridized carbons (Fsp3) is 0.100. The highest BCUT2D eigenvalue weighted by Crippen LogP contribution is 2.12. The van der Waals surface area contributed by atoms with Crippen LogP contribution in [0.2, 0.25) is 0 Å². The van der Waals surface area contributed by atoms with E-state index in [0.29, 0.717) is 5.71 Å². The lowest BCUT2D eigenvalue weighted by Gasteiger charge is -2.15. The van der Waals surface area contributed by atoms with Crippen molar-refractivity contribution < 1.29 is 9.59 Å². The number of carbonyl (C=O) groups excluding carboxylic acids is 2. The minimum absolute atomic E-state index is 0.245. The van der Waals surface area contributed by atoms with Crippen LogP contribution in [0, 0.1) is 0 Å². The molecule has 0 saturated carbocycles. The summed E-state index contributed by atoms with van der Waals surface area (Å²) in [5.74, 6) is -0.606. The van der Waals surface area contributed by atoms with Crippen LogP contribution in [0.3, 0.4) is 0 Å². The number of alkyl halides is 1. The van der Waals surface area contributed by atoms with Crippen LogP contribution in [0.25, 0.3) is 0 Å². The Balaban J connectivity index is 2.39. The maximum absolute atomic E-state index is 11.7. The smallest absolute Gasteiger partial charge is 0.261 e. The SMILES string of the molecule is O=C1NN=C(c2ccccc2)C(=O)C1I. The topological polar surface area (TPSA) is 58.5 Å². The average Bonchev–Trinajstić information content (AvgIpc) is 2.27. The zero-order valence-corrected chi connectivity index (χ0v) is 9.76. The van der Waals surface area contributed by atoms with Gasteiger partial charge in [0.2, 0.25) is 5.78 Å². The number of hydrogen-bond acceptors (Lipinski definition) is 3. The molecule has 0 saturated heterocycles. The second-order valence-electron chi connectivity index (χ2n) is 3.03. The van der Waals surface area contributed by atoms with Crippen LogP contribution < -0.4 is 5.43 Å². The third-order valence-electron chi connectivity index (χ3n) is 2.02. The van der Waals surface area contributed by atoms with E-state index in [1.165, 1.54) is 0 Å². The van der Waals surface area contributed by atoms with Gasteiger partial charge in [0.1, 0.15) is 5.71 Å². The van der Waals surface area contributed by atoms with Gasteiger partial charge in [0.05, 0.1) is 0 Å². The van der Waals surface area contributed by atoms with E-state index >= 15 is 0 Å². The van der Waals surface area contributed by atoms with Crippen molar-refractivity contribution in [3.05, 3.63) is 35.9 Å². The molecule has 1 aliphatic heterocycles. The normalized spacial score (nSPS) is 20.9. The zero-order chi connectivity index (χ0) is 10.8. The second-order valence-corrected chi connectivity index (χ2v) is 4.27. The predicted molar refractivity (Wildman–Crippen MR) is 63.9 cm³/mol. The molecular formula is C10H7IN2O2. The van der Waals surface area contributed by atoms with Gasteiger partial charge in [0.15, 0.2) is 3.92 Å². The quantitative estimate of drug-likeness (QED) is 0.475. The van der Waals surface area contributed by atoms with Crippen LogP contribution in [0.15, 0.2) is 35.4 Å². The van der Waals surface area contributed by atoms with Gasteiger partial charge in [-0.05, 0) is 0 Å². The van der Waals surface area contributed by atoms with Crippen molar-refractivity contribution in [2.24, 2.45) is 5.10 Å². The highest BCUT2D eigenvalue weighted by atomic mass is 127. The first-order valence-electron chi connectivity index (χ1n) is 4.31. The third-order valence-corrected chi connectivity index (χ3v) is 3.15. The first-order valence-corrected chi connectivity index (χ1v) is 5.56. The highest BCUT2D eigenvalue weighted by Gasteiger charge is 2.32. The van der Waals surface area contributed by atoms with Crippen molar-refractivity contribution in [3.63, 3.8) is 0 Å². The van der Waals surface area contributed by atoms with Gasteiger partial charge in [0.25, 0.3) is 5.91 Å². The first kappa shape index (κ1) is 10.3. The molecule has 76 valence electrons. The molecule has 0 bridgehead atoms. The third kappa shape index (κ3) is 1.92. The Labute approximate surface area is 99.9 Å². The van der Waals surface area contributed by atoms with Crippen LogP contribution in [-0.4, -0.2) is 21.3 Å². The molecule has 2 rings (SSSR count). The minimum atomic E-state index is -0.685. The van der Waals surface area contributed by atoms with E-state index in [1.54, 1.807) is 12.1 Å². The number of hydrogen-bond donors (Lipinski definition) is 1. The molecule has 5 heteroatoms. The summed E-state index contributed by atoms with van der Waals surface area (Å²) in [4.78, 5) is 22.9. The summed E-state index contributed by atoms with van der Waals surface area (Å²) in [6.07, 6.45) is 0. The fourth-order valence-corrected chi connectivity index (χ4v) is 1.70. The Morgan fingerprint density at radius 3 is 2.53 bits per heavy atom. The van der Waals surface area contributed by atoms with E-state index < -0.39 is 3.92 Å². The summed E-state index contributed by atoms with van der Waals surface area (Å²) in [6.45, 7) is 0. The molecule has 1 aliphatic rings. The van der Waals surface area contributed by atoms with E-state index in [1.807, 2.05) is 40.8 Å². The van der Waals surface area contributed by atoms with E-state index in [2.05, 4.69) is 10.5 Å². The Hall–Kier alpha value is -1.24. The Morgan fingerprint density at radius 2 is 1.87 bits per heavy atom. The van der Waals surface area contributed by atoms with E-state index in [9.17, 15) is 9.59 Å². The number of carbonyl (C=O) groups is 2. The van der Waals surface area contributed by atoms with Crippen LogP contribution in [0.4, 0.5) is 0 Å². The van der Waals surface area contributed by atoms with Crippen molar-refractivity contribution in [1.82, 2.24) is 5.43 Å². The van der Waals surface area contributed by atoms with Gasteiger partial charge >= 0.3 is 0 Å². The zero-order valence-electron chi connectivity index (χ0n) is 7.61. The van der Waals surface area contributed by atoms with Gasteiger partial charge in [-0.2, -0.15) is 5.10 Å². The number of benzene rings is 1. The molecule has 1 heterocycles. The lowest BCUT2D eigenvalue weighted by atomic mass is 10.0.